The van der Waals surface area contributed by atoms with E-state index in [1.165, 1.54) is 0 Å². The number of hydrogen-bond donors (Lipinski definition) is 0. The summed E-state index contributed by atoms with van der Waals surface area (Å²) in [5.74, 6) is -0.111. The smallest absolute Gasteiger partial charge is 0.308 e. The van der Waals surface area contributed by atoms with Crippen molar-refractivity contribution in [2.75, 3.05) is 117 Å². The first-order chi connectivity index (χ1) is 18.3. The van der Waals surface area contributed by atoms with Crippen molar-refractivity contribution in [1.82, 2.24) is 0 Å². The zero-order valence-corrected chi connectivity index (χ0v) is 25.3. The van der Waals surface area contributed by atoms with E-state index in [-0.39, 0.29) is 18.5 Å². The van der Waals surface area contributed by atoms with Crippen LogP contribution in [0.25, 0.3) is 0 Å². The fraction of sp³-hybridized carbons (Fsp3) is 0.962. The quantitative estimate of drug-likeness (QED) is 0.0481. The molecule has 0 rings (SSSR count). The molecule has 0 heterocycles. The zero-order valence-electron chi connectivity index (χ0n) is 23.1. The normalized spacial score (nSPS) is 12.2. The first kappa shape index (κ1) is 36.9. The van der Waals surface area contributed by atoms with Crippen LogP contribution in [0, 0.1) is 5.92 Å². The first-order valence-corrected chi connectivity index (χ1v) is 15.1. The summed E-state index contributed by atoms with van der Waals surface area (Å²) in [5, 5.41) is 0. The van der Waals surface area contributed by atoms with E-state index in [4.69, 9.17) is 42.6 Å². The van der Waals surface area contributed by atoms with Gasteiger partial charge in [0, 0.05) is 4.43 Å². The summed E-state index contributed by atoms with van der Waals surface area (Å²) in [4.78, 5) is 12.0. The minimum Gasteiger partial charge on any atom is -0.463 e. The summed E-state index contributed by atoms with van der Waals surface area (Å²) in [7, 11) is 0. The summed E-state index contributed by atoms with van der Waals surface area (Å²) in [6.07, 6.45) is 3.86. The molecule has 37 heavy (non-hydrogen) atoms. The topological polar surface area (TPSA) is 100 Å². The number of ether oxygens (including phenoxy) is 9. The average Bonchev–Trinajstić information content (AvgIpc) is 2.91. The number of halogens is 1. The average molecular weight is 651 g/mol. The number of unbranched alkanes of at least 4 members (excludes halogenated alkanes) is 1. The number of carbonyl (C=O) groups excluding carboxylic acids is 1. The van der Waals surface area contributed by atoms with Gasteiger partial charge in [-0.05, 0) is 12.8 Å². The van der Waals surface area contributed by atoms with E-state index < -0.39 is 0 Å². The molecule has 0 spiro atoms. The Bertz CT molecular complexity index is 459. The van der Waals surface area contributed by atoms with Crippen molar-refractivity contribution in [2.24, 2.45) is 5.92 Å². The van der Waals surface area contributed by atoms with Crippen LogP contribution in [-0.4, -0.2) is 123 Å². The second kappa shape index (κ2) is 32.1. The van der Waals surface area contributed by atoms with Gasteiger partial charge in [0.25, 0.3) is 0 Å². The van der Waals surface area contributed by atoms with Gasteiger partial charge in [-0.1, -0.05) is 49.3 Å². The lowest BCUT2D eigenvalue weighted by atomic mass is 10.00. The zero-order chi connectivity index (χ0) is 27.1. The van der Waals surface area contributed by atoms with E-state index >= 15 is 0 Å². The molecule has 0 aromatic rings. The lowest BCUT2D eigenvalue weighted by Gasteiger charge is -2.13. The molecule has 0 bridgehead atoms. The molecule has 222 valence electrons. The predicted octanol–water partition coefficient (Wildman–Crippen LogP) is 3.31. The Morgan fingerprint density at radius 1 is 0.541 bits per heavy atom. The fourth-order valence-corrected chi connectivity index (χ4v) is 3.27. The van der Waals surface area contributed by atoms with E-state index in [1.807, 2.05) is 6.92 Å². The predicted molar refractivity (Wildman–Crippen MR) is 150 cm³/mol. The van der Waals surface area contributed by atoms with Crippen molar-refractivity contribution in [1.29, 1.82) is 0 Å². The summed E-state index contributed by atoms with van der Waals surface area (Å²) in [6.45, 7) is 13.0. The van der Waals surface area contributed by atoms with Crippen molar-refractivity contribution in [3.63, 3.8) is 0 Å². The maximum atomic E-state index is 12.0. The Balaban J connectivity index is 3.16. The SMILES string of the molecule is CCCCC(CC)C(=O)OCCOCCOCCOCCOCCOCCOCCOCCOCCI. The van der Waals surface area contributed by atoms with E-state index in [0.717, 1.165) is 36.7 Å². The highest BCUT2D eigenvalue weighted by atomic mass is 127. The van der Waals surface area contributed by atoms with Crippen LogP contribution in [-0.2, 0) is 47.4 Å². The van der Waals surface area contributed by atoms with Gasteiger partial charge < -0.3 is 42.6 Å². The van der Waals surface area contributed by atoms with Crippen LogP contribution in [0.4, 0.5) is 0 Å². The molecule has 0 aliphatic rings. The number of alkyl halides is 1. The van der Waals surface area contributed by atoms with Gasteiger partial charge in [0.1, 0.15) is 6.61 Å². The van der Waals surface area contributed by atoms with Gasteiger partial charge in [-0.2, -0.15) is 0 Å². The maximum absolute atomic E-state index is 12.0. The third-order valence-electron chi connectivity index (χ3n) is 5.03. The van der Waals surface area contributed by atoms with Crippen LogP contribution in [0.15, 0.2) is 0 Å². The summed E-state index contributed by atoms with van der Waals surface area (Å²) in [6, 6.07) is 0. The molecule has 0 fully saturated rings. The lowest BCUT2D eigenvalue weighted by Crippen LogP contribution is -2.20. The highest BCUT2D eigenvalue weighted by molar-refractivity contribution is 14.1. The molecule has 11 heteroatoms. The van der Waals surface area contributed by atoms with Gasteiger partial charge in [0.05, 0.1) is 112 Å². The number of hydrogen-bond acceptors (Lipinski definition) is 10. The second-order valence-electron chi connectivity index (χ2n) is 8.00. The van der Waals surface area contributed by atoms with Crippen molar-refractivity contribution >= 4 is 28.6 Å². The molecular weight excluding hydrogens is 599 g/mol. The molecule has 0 aliphatic carbocycles. The molecule has 0 aliphatic heterocycles. The Hall–Kier alpha value is -0.120. The second-order valence-corrected chi connectivity index (χ2v) is 9.08. The Kier molecular flexibility index (Phi) is 32.0. The first-order valence-electron chi connectivity index (χ1n) is 13.6. The van der Waals surface area contributed by atoms with Gasteiger partial charge in [-0.25, -0.2) is 0 Å². The number of carbonyl (C=O) groups is 1. The van der Waals surface area contributed by atoms with E-state index in [9.17, 15) is 4.79 Å². The highest BCUT2D eigenvalue weighted by Gasteiger charge is 2.16. The molecular formula is C26H51IO10. The molecule has 10 nitrogen and oxygen atoms in total. The van der Waals surface area contributed by atoms with Crippen LogP contribution < -0.4 is 0 Å². The molecule has 0 amide bonds. The Morgan fingerprint density at radius 3 is 1.16 bits per heavy atom. The van der Waals surface area contributed by atoms with E-state index in [0.29, 0.717) is 99.1 Å². The van der Waals surface area contributed by atoms with Crippen LogP contribution in [0.2, 0.25) is 0 Å². The molecule has 0 N–H and O–H groups in total. The molecule has 0 radical (unpaired) electrons. The molecule has 0 aromatic heterocycles. The molecule has 0 saturated carbocycles. The minimum absolute atomic E-state index is 0.00414. The number of esters is 1. The minimum atomic E-state index is -0.115. The lowest BCUT2D eigenvalue weighted by molar-refractivity contribution is -0.150. The monoisotopic (exact) mass is 650 g/mol. The van der Waals surface area contributed by atoms with Crippen molar-refractivity contribution in [2.45, 2.75) is 39.5 Å². The molecule has 1 atom stereocenters. The van der Waals surface area contributed by atoms with Gasteiger partial charge in [-0.3, -0.25) is 4.79 Å². The van der Waals surface area contributed by atoms with Crippen LogP contribution in [0.1, 0.15) is 39.5 Å². The van der Waals surface area contributed by atoms with Crippen molar-refractivity contribution < 1.29 is 47.4 Å². The molecule has 0 saturated heterocycles. The van der Waals surface area contributed by atoms with Gasteiger partial charge in [0.2, 0.25) is 0 Å². The molecule has 0 aromatic carbocycles. The third kappa shape index (κ3) is 28.7. The third-order valence-corrected chi connectivity index (χ3v) is 5.47. The standard InChI is InChI=1S/C26H51IO10/c1-3-5-6-25(4-2)26(28)37-24-23-36-22-21-35-20-19-34-18-17-33-16-15-32-14-13-31-12-11-30-10-9-29-8-7-27/h25H,3-24H2,1-2H3. The Morgan fingerprint density at radius 2 is 0.865 bits per heavy atom. The molecule has 1 unspecified atom stereocenters. The van der Waals surface area contributed by atoms with Crippen LogP contribution in [0.5, 0.6) is 0 Å². The van der Waals surface area contributed by atoms with Gasteiger partial charge >= 0.3 is 5.97 Å². The highest BCUT2D eigenvalue weighted by Crippen LogP contribution is 2.14. The number of rotatable bonds is 31. The van der Waals surface area contributed by atoms with Gasteiger partial charge in [-0.15, -0.1) is 0 Å². The van der Waals surface area contributed by atoms with Gasteiger partial charge in [0.15, 0.2) is 0 Å². The van der Waals surface area contributed by atoms with E-state index in [1.54, 1.807) is 0 Å². The Labute approximate surface area is 237 Å². The maximum Gasteiger partial charge on any atom is 0.308 e. The summed E-state index contributed by atoms with van der Waals surface area (Å²) >= 11 is 2.28. The summed E-state index contributed by atoms with van der Waals surface area (Å²) < 4.78 is 49.6. The fourth-order valence-electron chi connectivity index (χ4n) is 2.95. The van der Waals surface area contributed by atoms with Crippen molar-refractivity contribution in [3.05, 3.63) is 0 Å². The van der Waals surface area contributed by atoms with E-state index in [2.05, 4.69) is 29.5 Å². The largest absolute Gasteiger partial charge is 0.463 e. The van der Waals surface area contributed by atoms with Crippen LogP contribution in [0.3, 0.4) is 0 Å². The van der Waals surface area contributed by atoms with Crippen LogP contribution >= 0.6 is 22.6 Å². The summed E-state index contributed by atoms with van der Waals surface area (Å²) in [5.41, 5.74) is 0. The van der Waals surface area contributed by atoms with Crippen molar-refractivity contribution in [3.8, 4) is 0 Å².